The number of nitrogens with zero attached hydrogens (tertiary/aromatic N) is 5. The minimum atomic E-state index is -4.65. The quantitative estimate of drug-likeness (QED) is 0.853. The van der Waals surface area contributed by atoms with E-state index in [1.165, 1.54) is 6.07 Å². The van der Waals surface area contributed by atoms with Gasteiger partial charge in [0.1, 0.15) is 11.4 Å². The van der Waals surface area contributed by atoms with Gasteiger partial charge in [-0.25, -0.2) is 4.79 Å². The molecule has 3 rings (SSSR count). The summed E-state index contributed by atoms with van der Waals surface area (Å²) in [6.45, 7) is 6.26. The highest BCUT2D eigenvalue weighted by Crippen LogP contribution is 2.29. The molecule has 0 radical (unpaired) electrons. The Balaban J connectivity index is 1.79. The third-order valence-corrected chi connectivity index (χ3v) is 4.30. The average molecular weight is 400 g/mol. The maximum Gasteiger partial charge on any atom is 0.453 e. The first-order chi connectivity index (χ1) is 13.0. The molecule has 0 spiro atoms. The molecule has 0 aromatic carbocycles. The third kappa shape index (κ3) is 4.63. The molecule has 2 aromatic heterocycles. The molecule has 1 unspecified atom stereocenters. The fourth-order valence-electron chi connectivity index (χ4n) is 3.14. The van der Waals surface area contributed by atoms with Gasteiger partial charge in [-0.05, 0) is 52.2 Å². The summed E-state index contributed by atoms with van der Waals surface area (Å²) >= 11 is 0. The molecule has 1 fully saturated rings. The Morgan fingerprint density at radius 2 is 2.00 bits per heavy atom. The van der Waals surface area contributed by atoms with Gasteiger partial charge in [0, 0.05) is 19.1 Å². The first-order valence-corrected chi connectivity index (χ1v) is 9.08. The molecule has 2 aromatic rings. The maximum absolute atomic E-state index is 13.1. The lowest BCUT2D eigenvalue weighted by atomic mass is 10.0. The van der Waals surface area contributed by atoms with Crippen LogP contribution in [0.1, 0.15) is 45.9 Å². The number of hydrogen-bond acceptors (Lipinski definition) is 6. The number of amides is 1. The normalized spacial score (nSPS) is 18.4. The van der Waals surface area contributed by atoms with Crippen LogP contribution in [-0.4, -0.2) is 50.6 Å². The number of piperidine rings is 1. The highest BCUT2D eigenvalue weighted by atomic mass is 19.4. The maximum atomic E-state index is 13.1. The molecule has 3 heterocycles. The zero-order valence-electron chi connectivity index (χ0n) is 16.0. The molecule has 1 atom stereocenters. The summed E-state index contributed by atoms with van der Waals surface area (Å²) in [4.78, 5) is 13.8. The van der Waals surface area contributed by atoms with Crippen molar-refractivity contribution in [3.8, 4) is 0 Å². The summed E-state index contributed by atoms with van der Waals surface area (Å²) in [7, 11) is 0. The van der Waals surface area contributed by atoms with E-state index in [1.54, 1.807) is 26.8 Å². The number of halogens is 3. The van der Waals surface area contributed by atoms with E-state index in [0.29, 0.717) is 23.4 Å². The van der Waals surface area contributed by atoms with Crippen LogP contribution in [0, 0.1) is 0 Å². The van der Waals surface area contributed by atoms with E-state index in [9.17, 15) is 18.0 Å². The van der Waals surface area contributed by atoms with Crippen LogP contribution >= 0.6 is 0 Å². The van der Waals surface area contributed by atoms with E-state index in [4.69, 9.17) is 4.74 Å². The lowest BCUT2D eigenvalue weighted by molar-refractivity contribution is -0.146. The monoisotopic (exact) mass is 400 g/mol. The molecular formula is C17H23F3N6O2. The third-order valence-electron chi connectivity index (χ3n) is 4.30. The van der Waals surface area contributed by atoms with Crippen molar-refractivity contribution in [2.24, 2.45) is 0 Å². The lowest BCUT2D eigenvalue weighted by Gasteiger charge is -2.36. The van der Waals surface area contributed by atoms with Crippen LogP contribution in [0.4, 0.5) is 23.8 Å². The molecule has 1 saturated heterocycles. The summed E-state index contributed by atoms with van der Waals surface area (Å²) in [6.07, 6.45) is -2.55. The van der Waals surface area contributed by atoms with Gasteiger partial charge in [-0.15, -0.1) is 15.3 Å². The SMILES string of the molecule is CC(C)(C)OC(=O)NCC1CCCCN1c1ccc2nnc(C(F)(F)F)n2n1. The number of ether oxygens (including phenoxy) is 1. The number of alkyl halides is 3. The van der Waals surface area contributed by atoms with Crippen molar-refractivity contribution in [1.29, 1.82) is 0 Å². The van der Waals surface area contributed by atoms with Crippen molar-refractivity contribution >= 4 is 17.6 Å². The zero-order chi connectivity index (χ0) is 20.5. The first kappa shape index (κ1) is 20.2. The number of carbonyl (C=O) groups is 1. The Hall–Kier alpha value is -2.59. The van der Waals surface area contributed by atoms with Gasteiger partial charge in [0.15, 0.2) is 5.65 Å². The average Bonchev–Trinajstić information content (AvgIpc) is 3.02. The van der Waals surface area contributed by atoms with Gasteiger partial charge in [0.05, 0.1) is 0 Å². The highest BCUT2D eigenvalue weighted by molar-refractivity contribution is 5.67. The van der Waals surface area contributed by atoms with Crippen LogP contribution in [0.3, 0.4) is 0 Å². The van der Waals surface area contributed by atoms with Crippen molar-refractivity contribution in [2.45, 2.75) is 57.9 Å². The molecule has 154 valence electrons. The summed E-state index contributed by atoms with van der Waals surface area (Å²) in [5.41, 5.74) is -0.581. The summed E-state index contributed by atoms with van der Waals surface area (Å²) in [6, 6.07) is 2.98. The first-order valence-electron chi connectivity index (χ1n) is 9.08. The molecule has 1 amide bonds. The van der Waals surface area contributed by atoms with E-state index in [1.807, 2.05) is 4.90 Å². The minimum absolute atomic E-state index is 0.0246. The second-order valence-electron chi connectivity index (χ2n) is 7.71. The number of hydrogen-bond donors (Lipinski definition) is 1. The van der Waals surface area contributed by atoms with Crippen molar-refractivity contribution in [2.75, 3.05) is 18.0 Å². The molecular weight excluding hydrogens is 377 g/mol. The van der Waals surface area contributed by atoms with E-state index >= 15 is 0 Å². The molecule has 0 aliphatic carbocycles. The van der Waals surface area contributed by atoms with Gasteiger partial charge in [0.2, 0.25) is 0 Å². The van der Waals surface area contributed by atoms with Gasteiger partial charge in [-0.3, -0.25) is 0 Å². The second-order valence-corrected chi connectivity index (χ2v) is 7.71. The van der Waals surface area contributed by atoms with Crippen LogP contribution in [0.5, 0.6) is 0 Å². The summed E-state index contributed by atoms with van der Waals surface area (Å²) in [5.74, 6) is -0.779. The van der Waals surface area contributed by atoms with E-state index in [2.05, 4.69) is 20.6 Å². The number of nitrogens with one attached hydrogen (secondary N) is 1. The van der Waals surface area contributed by atoms with E-state index in [-0.39, 0.29) is 11.7 Å². The molecule has 1 aliphatic heterocycles. The topological polar surface area (TPSA) is 84.6 Å². The predicted octanol–water partition coefficient (Wildman–Crippen LogP) is 3.03. The summed E-state index contributed by atoms with van der Waals surface area (Å²) < 4.78 is 45.3. The lowest BCUT2D eigenvalue weighted by Crippen LogP contribution is -2.48. The van der Waals surface area contributed by atoms with E-state index < -0.39 is 23.7 Å². The number of fused-ring (bicyclic) bond motifs is 1. The molecule has 28 heavy (non-hydrogen) atoms. The Labute approximate surface area is 160 Å². The van der Waals surface area contributed by atoms with Crippen LogP contribution in [-0.2, 0) is 10.9 Å². The van der Waals surface area contributed by atoms with Gasteiger partial charge >= 0.3 is 12.3 Å². The van der Waals surface area contributed by atoms with Crippen LogP contribution < -0.4 is 10.2 Å². The number of aromatic nitrogens is 4. The van der Waals surface area contributed by atoms with Crippen molar-refractivity contribution in [1.82, 2.24) is 25.1 Å². The molecule has 1 aliphatic rings. The zero-order valence-corrected chi connectivity index (χ0v) is 16.0. The summed E-state index contributed by atoms with van der Waals surface area (Å²) in [5, 5.41) is 13.6. The van der Waals surface area contributed by atoms with Crippen LogP contribution in [0.15, 0.2) is 12.1 Å². The van der Waals surface area contributed by atoms with E-state index in [0.717, 1.165) is 19.3 Å². The van der Waals surface area contributed by atoms with Crippen molar-refractivity contribution in [3.05, 3.63) is 18.0 Å². The Bertz CT molecular complexity index is 846. The Morgan fingerprint density at radius 3 is 2.68 bits per heavy atom. The number of alkyl carbamates (subject to hydrolysis) is 1. The number of rotatable bonds is 3. The standard InChI is InChI=1S/C17H23F3N6O2/c1-16(2,3)28-15(27)21-10-11-6-4-5-9-25(11)13-8-7-12-22-23-14(17(18,19)20)26(12)24-13/h7-8,11H,4-6,9-10H2,1-3H3,(H,21,27). The van der Waals surface area contributed by atoms with Crippen molar-refractivity contribution in [3.63, 3.8) is 0 Å². The van der Waals surface area contributed by atoms with Gasteiger partial charge in [-0.2, -0.15) is 17.7 Å². The smallest absolute Gasteiger partial charge is 0.444 e. The predicted molar refractivity (Wildman–Crippen MR) is 95.0 cm³/mol. The van der Waals surface area contributed by atoms with Crippen LogP contribution in [0.25, 0.3) is 5.65 Å². The van der Waals surface area contributed by atoms with Gasteiger partial charge in [0.25, 0.3) is 5.82 Å². The number of carbonyl (C=O) groups excluding carboxylic acids is 1. The minimum Gasteiger partial charge on any atom is -0.444 e. The number of anilines is 1. The highest BCUT2D eigenvalue weighted by Gasteiger charge is 2.38. The molecule has 1 N–H and O–H groups in total. The fraction of sp³-hybridized carbons (Fsp3) is 0.647. The fourth-order valence-corrected chi connectivity index (χ4v) is 3.14. The largest absolute Gasteiger partial charge is 0.453 e. The molecule has 0 bridgehead atoms. The Kier molecular flexibility index (Phi) is 5.35. The molecule has 8 nitrogen and oxygen atoms in total. The van der Waals surface area contributed by atoms with Gasteiger partial charge < -0.3 is 15.0 Å². The molecule has 11 heteroatoms. The Morgan fingerprint density at radius 1 is 1.25 bits per heavy atom. The van der Waals surface area contributed by atoms with Crippen LogP contribution in [0.2, 0.25) is 0 Å². The molecule has 0 saturated carbocycles. The van der Waals surface area contributed by atoms with Crippen molar-refractivity contribution < 1.29 is 22.7 Å². The second kappa shape index (κ2) is 7.44. The van der Waals surface area contributed by atoms with Gasteiger partial charge in [-0.1, -0.05) is 0 Å².